The van der Waals surface area contributed by atoms with Crippen molar-refractivity contribution < 1.29 is 0 Å². The van der Waals surface area contributed by atoms with Crippen molar-refractivity contribution >= 4 is 11.3 Å². The zero-order valence-corrected chi connectivity index (χ0v) is 12.6. The van der Waals surface area contributed by atoms with Gasteiger partial charge >= 0.3 is 0 Å². The smallest absolute Gasteiger partial charge is 0.125 e. The average Bonchev–Trinajstić information content (AvgIpc) is 3.18. The molecule has 0 spiro atoms. The molecular formula is C16H20N2S. The van der Waals surface area contributed by atoms with Gasteiger partial charge in [-0.15, -0.1) is 11.3 Å². The van der Waals surface area contributed by atoms with Gasteiger partial charge in [0.15, 0.2) is 0 Å². The van der Waals surface area contributed by atoms with E-state index in [-0.39, 0.29) is 0 Å². The summed E-state index contributed by atoms with van der Waals surface area (Å²) in [4.78, 5) is 10.6. The van der Waals surface area contributed by atoms with E-state index >= 15 is 0 Å². The maximum absolute atomic E-state index is 4.92. The number of aromatic nitrogens is 2. The van der Waals surface area contributed by atoms with Crippen molar-refractivity contribution in [2.75, 3.05) is 0 Å². The molecule has 0 N–H and O–H groups in total. The average molecular weight is 272 g/mol. The van der Waals surface area contributed by atoms with Crippen LogP contribution in [-0.2, 0) is 0 Å². The van der Waals surface area contributed by atoms with E-state index in [1.165, 1.54) is 23.4 Å². The highest BCUT2D eigenvalue weighted by Gasteiger charge is 2.32. The van der Waals surface area contributed by atoms with Gasteiger partial charge in [-0.1, -0.05) is 20.8 Å². The van der Waals surface area contributed by atoms with Crippen LogP contribution < -0.4 is 0 Å². The Labute approximate surface area is 118 Å². The summed E-state index contributed by atoms with van der Waals surface area (Å²) in [6, 6.07) is 4.09. The SMILES string of the molecule is CC(C)C(C)c1sc(-c2cccnc2)nc1C1CC1. The standard InChI is InChI=1S/C16H20N2S/c1-10(2)11(3)15-14(12-6-7-12)18-16(19-15)13-5-4-8-17-9-13/h4-5,8-12H,6-7H2,1-3H3. The molecule has 0 amide bonds. The van der Waals surface area contributed by atoms with E-state index in [1.807, 2.05) is 29.8 Å². The molecule has 1 aliphatic rings. The molecule has 0 aliphatic heterocycles. The molecule has 2 heterocycles. The minimum atomic E-state index is 0.596. The topological polar surface area (TPSA) is 25.8 Å². The van der Waals surface area contributed by atoms with Crippen molar-refractivity contribution in [2.24, 2.45) is 5.92 Å². The Hall–Kier alpha value is -1.22. The van der Waals surface area contributed by atoms with Crippen molar-refractivity contribution in [1.82, 2.24) is 9.97 Å². The first-order valence-electron chi connectivity index (χ1n) is 7.08. The molecule has 2 nitrogen and oxygen atoms in total. The summed E-state index contributed by atoms with van der Waals surface area (Å²) < 4.78 is 0. The Morgan fingerprint density at radius 3 is 2.63 bits per heavy atom. The molecule has 1 fully saturated rings. The molecule has 1 saturated carbocycles. The lowest BCUT2D eigenvalue weighted by molar-refractivity contribution is 0.538. The molecule has 0 bridgehead atoms. The van der Waals surface area contributed by atoms with Crippen LogP contribution in [0.1, 0.15) is 56.0 Å². The fraction of sp³-hybridized carbons (Fsp3) is 0.500. The molecule has 100 valence electrons. The molecule has 1 atom stereocenters. The minimum absolute atomic E-state index is 0.596. The molecule has 3 rings (SSSR count). The van der Waals surface area contributed by atoms with E-state index in [0.717, 1.165) is 16.5 Å². The fourth-order valence-electron chi connectivity index (χ4n) is 2.23. The molecule has 3 heteroatoms. The molecule has 19 heavy (non-hydrogen) atoms. The number of thiazole rings is 1. The first-order valence-corrected chi connectivity index (χ1v) is 7.89. The van der Waals surface area contributed by atoms with Crippen molar-refractivity contribution in [2.45, 2.75) is 45.4 Å². The Bertz CT molecular complexity index is 555. The Morgan fingerprint density at radius 1 is 1.26 bits per heavy atom. The van der Waals surface area contributed by atoms with Gasteiger partial charge in [-0.05, 0) is 36.8 Å². The van der Waals surface area contributed by atoms with Gasteiger partial charge in [-0.3, -0.25) is 4.98 Å². The van der Waals surface area contributed by atoms with Crippen LogP contribution in [0.3, 0.4) is 0 Å². The van der Waals surface area contributed by atoms with Crippen molar-refractivity contribution in [1.29, 1.82) is 0 Å². The highest BCUT2D eigenvalue weighted by molar-refractivity contribution is 7.15. The van der Waals surface area contributed by atoms with Gasteiger partial charge in [-0.2, -0.15) is 0 Å². The normalized spacial score (nSPS) is 16.8. The van der Waals surface area contributed by atoms with E-state index in [2.05, 4.69) is 31.8 Å². The van der Waals surface area contributed by atoms with Crippen LogP contribution in [0.2, 0.25) is 0 Å². The van der Waals surface area contributed by atoms with Gasteiger partial charge in [0.25, 0.3) is 0 Å². The number of rotatable bonds is 4. The largest absolute Gasteiger partial charge is 0.264 e. The second-order valence-corrected chi connectivity index (χ2v) is 6.85. The van der Waals surface area contributed by atoms with Crippen LogP contribution in [0.15, 0.2) is 24.5 Å². The second-order valence-electron chi connectivity index (χ2n) is 5.82. The lowest BCUT2D eigenvalue weighted by Crippen LogP contribution is -2.02. The summed E-state index contributed by atoms with van der Waals surface area (Å²) in [7, 11) is 0. The predicted octanol–water partition coefficient (Wildman–Crippen LogP) is 4.84. The number of hydrogen-bond donors (Lipinski definition) is 0. The van der Waals surface area contributed by atoms with Gasteiger partial charge in [0.1, 0.15) is 5.01 Å². The van der Waals surface area contributed by atoms with E-state index in [9.17, 15) is 0 Å². The Balaban J connectivity index is 2.02. The third kappa shape index (κ3) is 2.57. The maximum Gasteiger partial charge on any atom is 0.125 e. The summed E-state index contributed by atoms with van der Waals surface area (Å²) >= 11 is 1.87. The van der Waals surface area contributed by atoms with Crippen LogP contribution in [0.5, 0.6) is 0 Å². The van der Waals surface area contributed by atoms with Gasteiger partial charge in [-0.25, -0.2) is 4.98 Å². The predicted molar refractivity (Wildman–Crippen MR) is 80.6 cm³/mol. The number of pyridine rings is 1. The second kappa shape index (κ2) is 5.04. The quantitative estimate of drug-likeness (QED) is 0.795. The van der Waals surface area contributed by atoms with Crippen molar-refractivity contribution in [3.8, 4) is 10.6 Å². The number of nitrogens with zero attached hydrogens (tertiary/aromatic N) is 2. The molecule has 1 aliphatic carbocycles. The monoisotopic (exact) mass is 272 g/mol. The fourth-order valence-corrected chi connectivity index (χ4v) is 3.60. The summed E-state index contributed by atoms with van der Waals surface area (Å²) in [5.41, 5.74) is 2.52. The maximum atomic E-state index is 4.92. The first-order chi connectivity index (χ1) is 9.16. The summed E-state index contributed by atoms with van der Waals surface area (Å²) in [6.45, 7) is 6.92. The summed E-state index contributed by atoms with van der Waals surface area (Å²) in [5.74, 6) is 1.98. The molecular weight excluding hydrogens is 252 g/mol. The summed E-state index contributed by atoms with van der Waals surface area (Å²) in [5, 5.41) is 1.14. The van der Waals surface area contributed by atoms with Gasteiger partial charge in [0, 0.05) is 28.8 Å². The molecule has 1 unspecified atom stereocenters. The highest BCUT2D eigenvalue weighted by atomic mass is 32.1. The minimum Gasteiger partial charge on any atom is -0.264 e. The van der Waals surface area contributed by atoms with Crippen molar-refractivity contribution in [3.05, 3.63) is 35.1 Å². The van der Waals surface area contributed by atoms with Crippen LogP contribution in [0.25, 0.3) is 10.6 Å². The van der Waals surface area contributed by atoms with E-state index in [1.54, 1.807) is 0 Å². The molecule has 0 radical (unpaired) electrons. The van der Waals surface area contributed by atoms with Crippen LogP contribution in [0.4, 0.5) is 0 Å². The van der Waals surface area contributed by atoms with E-state index < -0.39 is 0 Å². The van der Waals surface area contributed by atoms with Crippen LogP contribution in [0, 0.1) is 5.92 Å². The zero-order valence-electron chi connectivity index (χ0n) is 11.8. The highest BCUT2D eigenvalue weighted by Crippen LogP contribution is 2.47. The zero-order chi connectivity index (χ0) is 13.4. The molecule has 0 saturated heterocycles. The molecule has 0 aromatic carbocycles. The van der Waals surface area contributed by atoms with Crippen LogP contribution >= 0.6 is 11.3 Å². The Kier molecular flexibility index (Phi) is 3.40. The lowest BCUT2D eigenvalue weighted by atomic mass is 9.94. The molecule has 2 aromatic rings. The van der Waals surface area contributed by atoms with Gasteiger partial charge in [0.2, 0.25) is 0 Å². The Morgan fingerprint density at radius 2 is 2.05 bits per heavy atom. The molecule has 2 aromatic heterocycles. The van der Waals surface area contributed by atoms with Crippen LogP contribution in [-0.4, -0.2) is 9.97 Å². The van der Waals surface area contributed by atoms with E-state index in [4.69, 9.17) is 4.98 Å². The first kappa shape index (κ1) is 12.8. The van der Waals surface area contributed by atoms with Gasteiger partial charge < -0.3 is 0 Å². The van der Waals surface area contributed by atoms with Gasteiger partial charge in [0.05, 0.1) is 5.69 Å². The third-order valence-electron chi connectivity index (χ3n) is 3.97. The summed E-state index contributed by atoms with van der Waals surface area (Å²) in [6.07, 6.45) is 6.36. The van der Waals surface area contributed by atoms with E-state index in [0.29, 0.717) is 11.8 Å². The number of hydrogen-bond acceptors (Lipinski definition) is 3. The lowest BCUT2D eigenvalue weighted by Gasteiger charge is -2.14. The third-order valence-corrected chi connectivity index (χ3v) is 5.29. The van der Waals surface area contributed by atoms with Crippen molar-refractivity contribution in [3.63, 3.8) is 0 Å².